The molecule has 5 heteroatoms. The maximum atomic E-state index is 11.5. The van der Waals surface area contributed by atoms with E-state index in [1.807, 2.05) is 5.06 Å². The summed E-state index contributed by atoms with van der Waals surface area (Å²) in [6.07, 6.45) is 2.75. The van der Waals surface area contributed by atoms with Gasteiger partial charge in [0.25, 0.3) is 5.91 Å². The Morgan fingerprint density at radius 1 is 1.47 bits per heavy atom. The van der Waals surface area contributed by atoms with Crippen LogP contribution in [-0.4, -0.2) is 53.8 Å². The second-order valence-corrected chi connectivity index (χ2v) is 4.07. The molecule has 1 spiro atoms. The van der Waals surface area contributed by atoms with E-state index in [1.54, 1.807) is 19.1 Å². The Morgan fingerprint density at radius 2 is 2.07 bits per heavy atom. The number of carbonyl (C=O) groups excluding carboxylic acids is 1. The van der Waals surface area contributed by atoms with Gasteiger partial charge in [0.2, 0.25) is 0 Å². The Kier molecular flexibility index (Phi) is 2.44. The number of aliphatic hydroxyl groups excluding tert-OH is 1. The van der Waals surface area contributed by atoms with Crippen LogP contribution in [0.4, 0.5) is 0 Å². The minimum atomic E-state index is -0.480. The average molecular weight is 212 g/mol. The molecular formula is C10H16N2O3. The molecule has 5 nitrogen and oxygen atoms in total. The maximum Gasteiger partial charge on any atom is 0.250 e. The summed E-state index contributed by atoms with van der Waals surface area (Å²) in [5.41, 5.74) is -0.480. The third-order valence-electron chi connectivity index (χ3n) is 3.52. The van der Waals surface area contributed by atoms with Crippen molar-refractivity contribution in [1.29, 1.82) is 0 Å². The van der Waals surface area contributed by atoms with Crippen molar-refractivity contribution in [3.05, 3.63) is 11.8 Å². The summed E-state index contributed by atoms with van der Waals surface area (Å²) in [4.78, 5) is 18.2. The number of amides is 1. The van der Waals surface area contributed by atoms with Gasteiger partial charge in [-0.15, -0.1) is 0 Å². The minimum Gasteiger partial charge on any atom is -0.510 e. The zero-order valence-electron chi connectivity index (χ0n) is 9.06. The molecule has 0 bridgehead atoms. The maximum absolute atomic E-state index is 11.5. The van der Waals surface area contributed by atoms with Crippen molar-refractivity contribution in [1.82, 2.24) is 9.96 Å². The Labute approximate surface area is 88.9 Å². The zero-order valence-corrected chi connectivity index (χ0v) is 9.06. The van der Waals surface area contributed by atoms with Gasteiger partial charge in [-0.2, -0.15) is 5.06 Å². The van der Waals surface area contributed by atoms with Crippen molar-refractivity contribution in [2.45, 2.75) is 18.4 Å². The van der Waals surface area contributed by atoms with E-state index in [2.05, 4.69) is 0 Å². The summed E-state index contributed by atoms with van der Waals surface area (Å²) in [5, 5.41) is 11.7. The summed E-state index contributed by atoms with van der Waals surface area (Å²) >= 11 is 0. The van der Waals surface area contributed by atoms with E-state index in [0.29, 0.717) is 12.8 Å². The Hall–Kier alpha value is -1.07. The van der Waals surface area contributed by atoms with Crippen LogP contribution in [-0.2, 0) is 9.63 Å². The molecule has 2 heterocycles. The topological polar surface area (TPSA) is 53.0 Å². The first-order chi connectivity index (χ1) is 7.10. The molecule has 0 aromatic heterocycles. The van der Waals surface area contributed by atoms with Gasteiger partial charge in [-0.05, 0) is 12.8 Å². The monoisotopic (exact) mass is 212 g/mol. The van der Waals surface area contributed by atoms with Crippen LogP contribution in [0.5, 0.6) is 0 Å². The normalized spacial score (nSPS) is 26.1. The van der Waals surface area contributed by atoms with Crippen LogP contribution in [0.1, 0.15) is 12.8 Å². The Balaban J connectivity index is 2.16. The molecular weight excluding hydrogens is 196 g/mol. The molecule has 0 unspecified atom stereocenters. The molecule has 1 amide bonds. The molecule has 1 N–H and O–H groups in total. The number of aliphatic hydroxyl groups is 1. The smallest absolute Gasteiger partial charge is 0.250 e. The molecule has 1 saturated heterocycles. The van der Waals surface area contributed by atoms with Crippen LogP contribution < -0.4 is 0 Å². The lowest BCUT2D eigenvalue weighted by Gasteiger charge is -2.42. The SMILES string of the molecule is CON1CCC2(CC1)C(O)=CC(=O)N2C. The molecule has 1 fully saturated rings. The lowest BCUT2D eigenvalue weighted by molar-refractivity contribution is -0.162. The first kappa shape index (κ1) is 10.4. The third-order valence-corrected chi connectivity index (χ3v) is 3.52. The first-order valence-electron chi connectivity index (χ1n) is 5.08. The average Bonchev–Trinajstić information content (AvgIpc) is 2.45. The van der Waals surface area contributed by atoms with E-state index in [1.165, 1.54) is 6.08 Å². The molecule has 2 aliphatic heterocycles. The van der Waals surface area contributed by atoms with Crippen LogP contribution >= 0.6 is 0 Å². The fourth-order valence-electron chi connectivity index (χ4n) is 2.36. The summed E-state index contributed by atoms with van der Waals surface area (Å²) < 4.78 is 0. The number of nitrogens with zero attached hydrogens (tertiary/aromatic N) is 2. The van der Waals surface area contributed by atoms with Crippen molar-refractivity contribution in [3.63, 3.8) is 0 Å². The number of rotatable bonds is 1. The highest BCUT2D eigenvalue weighted by atomic mass is 16.7. The molecule has 0 aliphatic carbocycles. The molecule has 0 aromatic carbocycles. The van der Waals surface area contributed by atoms with Gasteiger partial charge in [-0.25, -0.2) is 0 Å². The number of hydroxylamine groups is 2. The standard InChI is InChI=1S/C10H16N2O3/c1-11-9(14)7-8(13)10(11)3-5-12(15-2)6-4-10/h7,13H,3-6H2,1-2H3. The molecule has 2 rings (SSSR count). The highest BCUT2D eigenvalue weighted by Gasteiger charge is 2.47. The number of hydrogen-bond acceptors (Lipinski definition) is 4. The highest BCUT2D eigenvalue weighted by Crippen LogP contribution is 2.37. The second-order valence-electron chi connectivity index (χ2n) is 4.07. The number of carbonyl (C=O) groups is 1. The van der Waals surface area contributed by atoms with Crippen molar-refractivity contribution in [2.75, 3.05) is 27.2 Å². The van der Waals surface area contributed by atoms with Crippen molar-refractivity contribution >= 4 is 5.91 Å². The zero-order chi connectivity index (χ0) is 11.1. The fourth-order valence-corrected chi connectivity index (χ4v) is 2.36. The van der Waals surface area contributed by atoms with E-state index in [0.717, 1.165) is 13.1 Å². The van der Waals surface area contributed by atoms with Gasteiger partial charge < -0.3 is 14.8 Å². The fraction of sp³-hybridized carbons (Fsp3) is 0.700. The molecule has 15 heavy (non-hydrogen) atoms. The Bertz CT molecular complexity index is 306. The van der Waals surface area contributed by atoms with Gasteiger partial charge in [0.05, 0.1) is 7.11 Å². The second kappa shape index (κ2) is 3.50. The van der Waals surface area contributed by atoms with Crippen LogP contribution in [0.25, 0.3) is 0 Å². The predicted octanol–water partition coefficient (Wildman–Crippen LogP) is 0.296. The van der Waals surface area contributed by atoms with Crippen LogP contribution in [0, 0.1) is 0 Å². The lowest BCUT2D eigenvalue weighted by atomic mass is 9.86. The highest BCUT2D eigenvalue weighted by molar-refractivity contribution is 5.92. The van der Waals surface area contributed by atoms with Crippen LogP contribution in [0.3, 0.4) is 0 Å². The van der Waals surface area contributed by atoms with E-state index in [9.17, 15) is 9.90 Å². The van der Waals surface area contributed by atoms with E-state index in [4.69, 9.17) is 4.84 Å². The van der Waals surface area contributed by atoms with E-state index < -0.39 is 5.54 Å². The van der Waals surface area contributed by atoms with Gasteiger partial charge in [0.15, 0.2) is 0 Å². The summed E-state index contributed by atoms with van der Waals surface area (Å²) in [6.45, 7) is 1.46. The van der Waals surface area contributed by atoms with Crippen molar-refractivity contribution in [2.24, 2.45) is 0 Å². The van der Waals surface area contributed by atoms with Crippen LogP contribution in [0.15, 0.2) is 11.8 Å². The number of piperidine rings is 1. The quantitative estimate of drug-likeness (QED) is 0.679. The molecule has 0 atom stereocenters. The molecule has 0 radical (unpaired) electrons. The van der Waals surface area contributed by atoms with Gasteiger partial charge in [-0.1, -0.05) is 0 Å². The van der Waals surface area contributed by atoms with Crippen LogP contribution in [0.2, 0.25) is 0 Å². The number of likely N-dealkylation sites (N-methyl/N-ethyl adjacent to an activating group) is 1. The minimum absolute atomic E-state index is 0.113. The molecule has 84 valence electrons. The number of hydrogen-bond donors (Lipinski definition) is 1. The first-order valence-corrected chi connectivity index (χ1v) is 5.08. The van der Waals surface area contributed by atoms with E-state index in [-0.39, 0.29) is 11.7 Å². The summed E-state index contributed by atoms with van der Waals surface area (Å²) in [5.74, 6) is 0.0871. The summed E-state index contributed by atoms with van der Waals surface area (Å²) in [6, 6.07) is 0. The van der Waals surface area contributed by atoms with Gasteiger partial charge in [0, 0.05) is 26.2 Å². The lowest BCUT2D eigenvalue weighted by Crippen LogP contribution is -2.53. The molecule has 2 aliphatic rings. The largest absolute Gasteiger partial charge is 0.510 e. The van der Waals surface area contributed by atoms with Crippen molar-refractivity contribution in [3.8, 4) is 0 Å². The summed E-state index contributed by atoms with van der Waals surface area (Å²) in [7, 11) is 3.38. The van der Waals surface area contributed by atoms with Gasteiger partial charge >= 0.3 is 0 Å². The van der Waals surface area contributed by atoms with Gasteiger partial charge in [-0.3, -0.25) is 4.79 Å². The molecule has 0 aromatic rings. The Morgan fingerprint density at radius 3 is 2.47 bits per heavy atom. The third kappa shape index (κ3) is 1.42. The van der Waals surface area contributed by atoms with Gasteiger partial charge in [0.1, 0.15) is 11.3 Å². The van der Waals surface area contributed by atoms with Crippen molar-refractivity contribution < 1.29 is 14.7 Å². The molecule has 0 saturated carbocycles. The van der Waals surface area contributed by atoms with E-state index >= 15 is 0 Å². The predicted molar refractivity (Wildman–Crippen MR) is 54.0 cm³/mol.